The topological polar surface area (TPSA) is 0 Å². The van der Waals surface area contributed by atoms with Crippen LogP contribution in [0.3, 0.4) is 0 Å². The summed E-state index contributed by atoms with van der Waals surface area (Å²) in [6, 6.07) is 14.7. The van der Waals surface area contributed by atoms with E-state index in [2.05, 4.69) is 84.9 Å². The Bertz CT molecular complexity index is 1170. The fourth-order valence-corrected chi connectivity index (χ4v) is 6.00. The molecule has 3 aromatic carbocycles. The first-order valence-corrected chi connectivity index (χ1v) is 14.9. The highest BCUT2D eigenvalue weighted by Gasteiger charge is 2.19. The molecular weight excluding hydrogens is 452 g/mol. The SMILES string of the molecule is CCCc1cc(-c2cc(CCC)c(-c3ccc(S)c(C)c3CCC)cc2CCC)c(CCC)cc1C. The third-order valence-electron chi connectivity index (χ3n) is 7.62. The molecule has 0 aliphatic rings. The van der Waals surface area contributed by atoms with Crippen LogP contribution < -0.4 is 0 Å². The molecule has 0 fully saturated rings. The van der Waals surface area contributed by atoms with Crippen LogP contribution in [-0.4, -0.2) is 0 Å². The van der Waals surface area contributed by atoms with Gasteiger partial charge in [-0.05, 0) is 113 Å². The van der Waals surface area contributed by atoms with Crippen LogP contribution in [0, 0.1) is 13.8 Å². The van der Waals surface area contributed by atoms with Gasteiger partial charge in [0, 0.05) is 4.90 Å². The molecule has 0 aliphatic heterocycles. The van der Waals surface area contributed by atoms with Crippen molar-refractivity contribution >= 4 is 12.6 Å². The Balaban J connectivity index is 2.34. The summed E-state index contributed by atoms with van der Waals surface area (Å²) in [7, 11) is 0. The molecule has 194 valence electrons. The van der Waals surface area contributed by atoms with E-state index >= 15 is 0 Å². The van der Waals surface area contributed by atoms with Crippen molar-refractivity contribution in [2.45, 2.75) is 118 Å². The van der Waals surface area contributed by atoms with E-state index in [0.29, 0.717) is 0 Å². The Morgan fingerprint density at radius 1 is 0.500 bits per heavy atom. The summed E-state index contributed by atoms with van der Waals surface area (Å²) >= 11 is 4.77. The Kier molecular flexibility index (Phi) is 10.7. The van der Waals surface area contributed by atoms with Gasteiger partial charge in [0.05, 0.1) is 0 Å². The van der Waals surface area contributed by atoms with E-state index in [4.69, 9.17) is 12.6 Å². The first-order chi connectivity index (χ1) is 17.4. The highest BCUT2D eigenvalue weighted by atomic mass is 32.1. The van der Waals surface area contributed by atoms with Crippen molar-refractivity contribution in [3.05, 3.63) is 75.3 Å². The number of hydrogen-bond donors (Lipinski definition) is 1. The number of rotatable bonds is 12. The molecule has 1 heteroatoms. The second-order valence-corrected chi connectivity index (χ2v) is 11.1. The minimum absolute atomic E-state index is 1.10. The van der Waals surface area contributed by atoms with E-state index in [9.17, 15) is 0 Å². The summed E-state index contributed by atoms with van der Waals surface area (Å²) < 4.78 is 0. The third kappa shape index (κ3) is 6.28. The van der Waals surface area contributed by atoms with Crippen LogP contribution in [0.5, 0.6) is 0 Å². The van der Waals surface area contributed by atoms with E-state index in [1.54, 1.807) is 0 Å². The number of aryl methyl sites for hydroxylation is 5. The number of hydrogen-bond acceptors (Lipinski definition) is 1. The molecule has 0 aliphatic carbocycles. The van der Waals surface area contributed by atoms with E-state index in [0.717, 1.165) is 56.3 Å². The van der Waals surface area contributed by atoms with Gasteiger partial charge in [0.2, 0.25) is 0 Å². The summed E-state index contributed by atoms with van der Waals surface area (Å²) in [5.41, 5.74) is 16.1. The van der Waals surface area contributed by atoms with E-state index in [1.165, 1.54) is 74.0 Å². The summed E-state index contributed by atoms with van der Waals surface area (Å²) in [4.78, 5) is 1.11. The Hall–Kier alpha value is -1.99. The number of benzene rings is 3. The fourth-order valence-electron chi connectivity index (χ4n) is 5.79. The molecule has 3 rings (SSSR count). The number of thiol groups is 1. The van der Waals surface area contributed by atoms with Crippen molar-refractivity contribution < 1.29 is 0 Å². The maximum atomic E-state index is 4.77. The molecule has 0 unspecified atom stereocenters. The fraction of sp³-hybridized carbons (Fsp3) is 0.486. The molecule has 0 heterocycles. The molecule has 3 aromatic rings. The molecule has 0 saturated heterocycles. The zero-order valence-corrected chi connectivity index (χ0v) is 24.9. The van der Waals surface area contributed by atoms with Gasteiger partial charge in [0.15, 0.2) is 0 Å². The van der Waals surface area contributed by atoms with Crippen LogP contribution >= 0.6 is 12.6 Å². The maximum Gasteiger partial charge on any atom is 0.00724 e. The highest BCUT2D eigenvalue weighted by Crippen LogP contribution is 2.39. The normalized spacial score (nSPS) is 11.3. The van der Waals surface area contributed by atoms with Crippen LogP contribution in [0.2, 0.25) is 0 Å². The highest BCUT2D eigenvalue weighted by molar-refractivity contribution is 7.80. The Labute approximate surface area is 227 Å². The summed E-state index contributed by atoms with van der Waals surface area (Å²) in [6.45, 7) is 16.1. The van der Waals surface area contributed by atoms with Gasteiger partial charge in [-0.25, -0.2) is 0 Å². The van der Waals surface area contributed by atoms with Gasteiger partial charge >= 0.3 is 0 Å². The van der Waals surface area contributed by atoms with Gasteiger partial charge in [0.1, 0.15) is 0 Å². The molecular formula is C35H48S. The molecule has 0 spiro atoms. The standard InChI is InChI=1S/C35H48S/c1-8-13-26-21-33(27(14-9-2)20-24(26)6)34-23-28(15-10-3)32(22-29(34)16-11-4)31-18-19-35(36)25(7)30(31)17-12-5/h18-23,36H,8-17H2,1-7H3. The molecule has 0 aromatic heterocycles. The largest absolute Gasteiger partial charge is 0.143 e. The van der Waals surface area contributed by atoms with Gasteiger partial charge in [-0.3, -0.25) is 0 Å². The second kappa shape index (κ2) is 13.5. The smallest absolute Gasteiger partial charge is 0.00724 e. The van der Waals surface area contributed by atoms with Crippen molar-refractivity contribution in [1.29, 1.82) is 0 Å². The quantitative estimate of drug-likeness (QED) is 0.235. The lowest BCUT2D eigenvalue weighted by molar-refractivity contribution is 0.889. The van der Waals surface area contributed by atoms with Gasteiger partial charge in [-0.15, -0.1) is 12.6 Å². The molecule has 0 saturated carbocycles. The monoisotopic (exact) mass is 500 g/mol. The summed E-state index contributed by atoms with van der Waals surface area (Å²) in [5, 5.41) is 0. The first-order valence-electron chi connectivity index (χ1n) is 14.5. The average Bonchev–Trinajstić information content (AvgIpc) is 2.85. The molecule has 0 amide bonds. The van der Waals surface area contributed by atoms with Crippen LogP contribution in [0.1, 0.15) is 106 Å². The first kappa shape index (κ1) is 28.6. The Morgan fingerprint density at radius 3 is 1.42 bits per heavy atom. The van der Waals surface area contributed by atoms with Crippen LogP contribution in [0.15, 0.2) is 41.3 Å². The van der Waals surface area contributed by atoms with Crippen molar-refractivity contribution in [2.75, 3.05) is 0 Å². The van der Waals surface area contributed by atoms with Crippen molar-refractivity contribution in [3.8, 4) is 22.3 Å². The molecule has 0 nitrogen and oxygen atoms in total. The lowest BCUT2D eigenvalue weighted by atomic mass is 9.82. The summed E-state index contributed by atoms with van der Waals surface area (Å²) in [6.07, 6.45) is 11.5. The van der Waals surface area contributed by atoms with E-state index in [1.807, 2.05) is 0 Å². The lowest BCUT2D eigenvalue weighted by Crippen LogP contribution is -2.03. The van der Waals surface area contributed by atoms with E-state index in [-0.39, 0.29) is 0 Å². The predicted octanol–water partition coefficient (Wildman–Crippen LogP) is 10.7. The molecule has 0 radical (unpaired) electrons. The molecule has 0 atom stereocenters. The lowest BCUT2D eigenvalue weighted by Gasteiger charge is -2.22. The van der Waals surface area contributed by atoms with Gasteiger partial charge in [0.25, 0.3) is 0 Å². The zero-order chi connectivity index (χ0) is 26.2. The second-order valence-electron chi connectivity index (χ2n) is 10.6. The van der Waals surface area contributed by atoms with Crippen molar-refractivity contribution in [2.24, 2.45) is 0 Å². The van der Waals surface area contributed by atoms with Crippen molar-refractivity contribution in [1.82, 2.24) is 0 Å². The molecule has 0 N–H and O–H groups in total. The summed E-state index contributed by atoms with van der Waals surface area (Å²) in [5.74, 6) is 0. The minimum Gasteiger partial charge on any atom is -0.143 e. The van der Waals surface area contributed by atoms with Crippen LogP contribution in [0.25, 0.3) is 22.3 Å². The van der Waals surface area contributed by atoms with Crippen molar-refractivity contribution in [3.63, 3.8) is 0 Å². The van der Waals surface area contributed by atoms with E-state index < -0.39 is 0 Å². The van der Waals surface area contributed by atoms with Crippen LogP contribution in [0.4, 0.5) is 0 Å². The minimum atomic E-state index is 1.10. The van der Waals surface area contributed by atoms with Gasteiger partial charge < -0.3 is 0 Å². The average molecular weight is 501 g/mol. The maximum absolute atomic E-state index is 4.77. The predicted molar refractivity (Wildman–Crippen MR) is 164 cm³/mol. The molecule has 0 bridgehead atoms. The van der Waals surface area contributed by atoms with Crippen LogP contribution in [-0.2, 0) is 32.1 Å². The van der Waals surface area contributed by atoms with Gasteiger partial charge in [-0.1, -0.05) is 97.1 Å². The molecule has 36 heavy (non-hydrogen) atoms. The van der Waals surface area contributed by atoms with Gasteiger partial charge in [-0.2, -0.15) is 0 Å². The third-order valence-corrected chi connectivity index (χ3v) is 8.10. The Morgan fingerprint density at radius 2 is 0.917 bits per heavy atom. The zero-order valence-electron chi connectivity index (χ0n) is 24.0.